The van der Waals surface area contributed by atoms with Crippen LogP contribution in [0.25, 0.3) is 0 Å². The number of carbonyl (C=O) groups excluding carboxylic acids is 2. The van der Waals surface area contributed by atoms with Crippen LogP contribution in [-0.4, -0.2) is 38.7 Å². The lowest BCUT2D eigenvalue weighted by Crippen LogP contribution is -2.28. The van der Waals surface area contributed by atoms with E-state index in [4.69, 9.17) is 0 Å². The summed E-state index contributed by atoms with van der Waals surface area (Å²) in [6.45, 7) is 3.89. The molecule has 150 valence electrons. The first kappa shape index (κ1) is 20.4. The first-order valence-corrected chi connectivity index (χ1v) is 9.67. The SMILES string of the molecule is Cc1ccc(NC(=O)CC2S/C(=N\N=C\c3ccc(O)cc3O)NC2=O)c(C)c1. The number of carbonyl (C=O) groups is 2. The van der Waals surface area contributed by atoms with Crippen molar-refractivity contribution in [2.45, 2.75) is 25.5 Å². The fourth-order valence-corrected chi connectivity index (χ4v) is 3.62. The number of thioether (sulfide) groups is 1. The van der Waals surface area contributed by atoms with Crippen LogP contribution >= 0.6 is 11.8 Å². The van der Waals surface area contributed by atoms with Gasteiger partial charge in [0, 0.05) is 23.7 Å². The lowest BCUT2D eigenvalue weighted by atomic mass is 10.1. The largest absolute Gasteiger partial charge is 0.508 e. The number of hydrogen-bond acceptors (Lipinski definition) is 7. The number of nitrogens with one attached hydrogen (secondary N) is 2. The molecule has 4 N–H and O–H groups in total. The van der Waals surface area contributed by atoms with Crippen molar-refractivity contribution in [1.29, 1.82) is 0 Å². The van der Waals surface area contributed by atoms with Gasteiger partial charge in [0.25, 0.3) is 0 Å². The summed E-state index contributed by atoms with van der Waals surface area (Å²) >= 11 is 1.12. The van der Waals surface area contributed by atoms with E-state index in [2.05, 4.69) is 20.8 Å². The van der Waals surface area contributed by atoms with Crippen LogP contribution in [0.3, 0.4) is 0 Å². The van der Waals surface area contributed by atoms with Crippen LogP contribution in [0.2, 0.25) is 0 Å². The van der Waals surface area contributed by atoms with Crippen LogP contribution in [0.1, 0.15) is 23.1 Å². The van der Waals surface area contributed by atoms with Crippen molar-refractivity contribution in [3.8, 4) is 11.5 Å². The maximum absolute atomic E-state index is 12.3. The lowest BCUT2D eigenvalue weighted by molar-refractivity contribution is -0.122. The molecular weight excluding hydrogens is 392 g/mol. The highest BCUT2D eigenvalue weighted by Gasteiger charge is 2.32. The van der Waals surface area contributed by atoms with E-state index in [1.54, 1.807) is 0 Å². The fourth-order valence-electron chi connectivity index (χ4n) is 2.69. The minimum atomic E-state index is -0.600. The van der Waals surface area contributed by atoms with Gasteiger partial charge in [0.15, 0.2) is 5.17 Å². The molecule has 0 spiro atoms. The monoisotopic (exact) mass is 412 g/mol. The van der Waals surface area contributed by atoms with E-state index in [0.717, 1.165) is 28.6 Å². The first-order chi connectivity index (χ1) is 13.8. The Balaban J connectivity index is 1.58. The molecule has 1 fully saturated rings. The maximum Gasteiger partial charge on any atom is 0.240 e. The van der Waals surface area contributed by atoms with Gasteiger partial charge in [0.1, 0.15) is 16.7 Å². The van der Waals surface area contributed by atoms with Crippen LogP contribution < -0.4 is 10.6 Å². The number of phenols is 2. The molecule has 8 nitrogen and oxygen atoms in total. The molecule has 1 atom stereocenters. The first-order valence-electron chi connectivity index (χ1n) is 8.79. The molecule has 0 radical (unpaired) electrons. The van der Waals surface area contributed by atoms with Gasteiger partial charge in [-0.2, -0.15) is 5.10 Å². The highest BCUT2D eigenvalue weighted by molar-refractivity contribution is 8.15. The van der Waals surface area contributed by atoms with E-state index < -0.39 is 5.25 Å². The molecule has 1 aliphatic heterocycles. The van der Waals surface area contributed by atoms with E-state index in [9.17, 15) is 19.8 Å². The van der Waals surface area contributed by atoms with E-state index in [1.807, 2.05) is 32.0 Å². The van der Waals surface area contributed by atoms with Gasteiger partial charge in [-0.25, -0.2) is 0 Å². The van der Waals surface area contributed by atoms with E-state index >= 15 is 0 Å². The smallest absolute Gasteiger partial charge is 0.240 e. The number of amidine groups is 1. The van der Waals surface area contributed by atoms with Gasteiger partial charge in [-0.3, -0.25) is 9.59 Å². The molecule has 0 aliphatic carbocycles. The fraction of sp³-hybridized carbons (Fsp3) is 0.200. The number of anilines is 1. The van der Waals surface area contributed by atoms with Gasteiger partial charge in [0.05, 0.1) is 6.21 Å². The zero-order chi connectivity index (χ0) is 21.0. The molecular formula is C20H20N4O4S. The molecule has 1 heterocycles. The maximum atomic E-state index is 12.3. The third kappa shape index (κ3) is 5.35. The van der Waals surface area contributed by atoms with Crippen molar-refractivity contribution < 1.29 is 19.8 Å². The van der Waals surface area contributed by atoms with Gasteiger partial charge in [0.2, 0.25) is 11.8 Å². The molecule has 1 unspecified atom stereocenters. The van der Waals surface area contributed by atoms with Crippen LogP contribution in [-0.2, 0) is 9.59 Å². The van der Waals surface area contributed by atoms with E-state index in [-0.39, 0.29) is 34.9 Å². The average Bonchev–Trinajstić information content (AvgIpc) is 2.98. The number of phenolic OH excluding ortho intramolecular Hbond substituents is 2. The predicted molar refractivity (Wildman–Crippen MR) is 113 cm³/mol. The highest BCUT2D eigenvalue weighted by atomic mass is 32.2. The minimum absolute atomic E-state index is 0.00526. The summed E-state index contributed by atoms with van der Waals surface area (Å²) in [4.78, 5) is 24.4. The summed E-state index contributed by atoms with van der Waals surface area (Å²) < 4.78 is 0. The molecule has 1 saturated heterocycles. The summed E-state index contributed by atoms with van der Waals surface area (Å²) in [5, 5.41) is 31.8. The Hall–Kier alpha value is -3.33. The van der Waals surface area contributed by atoms with Crippen LogP contribution in [0.15, 0.2) is 46.6 Å². The van der Waals surface area contributed by atoms with Gasteiger partial charge >= 0.3 is 0 Å². The zero-order valence-electron chi connectivity index (χ0n) is 15.8. The zero-order valence-corrected chi connectivity index (χ0v) is 16.7. The van der Waals surface area contributed by atoms with Gasteiger partial charge < -0.3 is 20.8 Å². The normalized spacial score (nSPS) is 17.7. The second-order valence-corrected chi connectivity index (χ2v) is 7.75. The Morgan fingerprint density at radius 3 is 2.76 bits per heavy atom. The number of hydrogen-bond donors (Lipinski definition) is 4. The summed E-state index contributed by atoms with van der Waals surface area (Å²) in [6.07, 6.45) is 1.31. The highest BCUT2D eigenvalue weighted by Crippen LogP contribution is 2.24. The number of benzene rings is 2. The molecule has 2 amide bonds. The van der Waals surface area contributed by atoms with Crippen molar-refractivity contribution in [1.82, 2.24) is 5.32 Å². The Morgan fingerprint density at radius 1 is 1.24 bits per heavy atom. The van der Waals surface area contributed by atoms with Crippen molar-refractivity contribution in [3.05, 3.63) is 53.1 Å². The van der Waals surface area contributed by atoms with Crippen molar-refractivity contribution in [2.75, 3.05) is 5.32 Å². The molecule has 3 rings (SSSR count). The Bertz CT molecular complexity index is 1020. The van der Waals surface area contributed by atoms with Crippen LogP contribution in [0.4, 0.5) is 5.69 Å². The van der Waals surface area contributed by atoms with Gasteiger partial charge in [-0.05, 0) is 37.6 Å². The molecule has 0 saturated carbocycles. The molecule has 1 aliphatic rings. The molecule has 29 heavy (non-hydrogen) atoms. The average molecular weight is 412 g/mol. The number of nitrogens with zero attached hydrogens (tertiary/aromatic N) is 2. The standard InChI is InChI=1S/C20H20N4O4S/c1-11-3-6-15(12(2)7-11)22-18(27)9-17-19(28)23-20(29-17)24-21-10-13-4-5-14(25)8-16(13)26/h3-8,10,17,25-26H,9H2,1-2H3,(H,22,27)(H,23,24,28)/b21-10+. The summed E-state index contributed by atoms with van der Waals surface area (Å²) in [5.74, 6) is -0.778. The number of aromatic hydroxyl groups is 2. The molecule has 9 heteroatoms. The molecule has 2 aromatic rings. The van der Waals surface area contributed by atoms with E-state index in [1.165, 1.54) is 24.4 Å². The lowest BCUT2D eigenvalue weighted by Gasteiger charge is -2.10. The van der Waals surface area contributed by atoms with Crippen molar-refractivity contribution in [3.63, 3.8) is 0 Å². The van der Waals surface area contributed by atoms with Gasteiger partial charge in [-0.15, -0.1) is 5.10 Å². The summed E-state index contributed by atoms with van der Waals surface area (Å²) in [6, 6.07) is 9.80. The van der Waals surface area contributed by atoms with E-state index in [0.29, 0.717) is 5.56 Å². The molecule has 0 aromatic heterocycles. The number of aryl methyl sites for hydroxylation is 2. The summed E-state index contributed by atoms with van der Waals surface area (Å²) in [5.41, 5.74) is 3.14. The quantitative estimate of drug-likeness (QED) is 0.444. The van der Waals surface area contributed by atoms with Crippen LogP contribution in [0, 0.1) is 13.8 Å². The minimum Gasteiger partial charge on any atom is -0.508 e. The number of rotatable bonds is 5. The number of amides is 2. The Morgan fingerprint density at radius 2 is 2.03 bits per heavy atom. The second-order valence-electron chi connectivity index (χ2n) is 6.56. The Kier molecular flexibility index (Phi) is 6.18. The van der Waals surface area contributed by atoms with Gasteiger partial charge in [-0.1, -0.05) is 29.5 Å². The Labute approximate surface area is 171 Å². The summed E-state index contributed by atoms with van der Waals surface area (Å²) in [7, 11) is 0. The van der Waals surface area contributed by atoms with Crippen molar-refractivity contribution >= 4 is 40.6 Å². The predicted octanol–water partition coefficient (Wildman–Crippen LogP) is 2.66. The third-order valence-corrected chi connectivity index (χ3v) is 5.23. The molecule has 0 bridgehead atoms. The molecule has 2 aromatic carbocycles. The second kappa shape index (κ2) is 8.78. The van der Waals surface area contributed by atoms with Crippen LogP contribution in [0.5, 0.6) is 11.5 Å². The third-order valence-electron chi connectivity index (χ3n) is 4.16. The topological polar surface area (TPSA) is 123 Å². The van der Waals surface area contributed by atoms with Crippen molar-refractivity contribution in [2.24, 2.45) is 10.2 Å².